The summed E-state index contributed by atoms with van der Waals surface area (Å²) in [4.78, 5) is 27.6. The van der Waals surface area contributed by atoms with Crippen molar-refractivity contribution in [3.8, 4) is 61.8 Å². The molecule has 11 rings (SSSR count). The fraction of sp³-hybridized carbons (Fsp3) is 0. The molecule has 1 aliphatic heterocycles. The van der Waals surface area contributed by atoms with Gasteiger partial charge in [0.15, 0.2) is 5.82 Å². The smallest absolute Gasteiger partial charge is 0.263 e. The van der Waals surface area contributed by atoms with Crippen molar-refractivity contribution in [2.45, 2.75) is 0 Å². The SMILES string of the molecule is O=c1c2ccccc2c2cccc3c2n1-c1ccccc1-c1ccccc1N(c1cccc(-c2nc(-c4ccccc4)cc(-c4ccccc4)n2)c1)c1ccccc1-3. The Bertz CT molecular complexity index is 3210. The van der Waals surface area contributed by atoms with Gasteiger partial charge >= 0.3 is 0 Å². The van der Waals surface area contributed by atoms with E-state index in [0.717, 1.165) is 89.4 Å². The molecule has 5 nitrogen and oxygen atoms in total. The molecular weight excluding hydrogens is 709 g/mol. The van der Waals surface area contributed by atoms with E-state index < -0.39 is 0 Å². The quantitative estimate of drug-likeness (QED) is 0.169. The summed E-state index contributed by atoms with van der Waals surface area (Å²) in [5.41, 5.74) is 13.2. The van der Waals surface area contributed by atoms with Gasteiger partial charge < -0.3 is 4.90 Å². The molecule has 0 fully saturated rings. The minimum Gasteiger partial charge on any atom is -0.309 e. The minimum absolute atomic E-state index is 0.0456. The predicted molar refractivity (Wildman–Crippen MR) is 238 cm³/mol. The lowest BCUT2D eigenvalue weighted by molar-refractivity contribution is 1.06. The Morgan fingerprint density at radius 2 is 0.828 bits per heavy atom. The van der Waals surface area contributed by atoms with E-state index in [4.69, 9.17) is 9.97 Å². The number of nitrogens with zero attached hydrogens (tertiary/aromatic N) is 4. The predicted octanol–water partition coefficient (Wildman–Crippen LogP) is 13.1. The summed E-state index contributed by atoms with van der Waals surface area (Å²) in [6.07, 6.45) is 0. The van der Waals surface area contributed by atoms with Crippen LogP contribution in [0.2, 0.25) is 0 Å². The van der Waals surface area contributed by atoms with Crippen molar-refractivity contribution in [1.82, 2.24) is 14.5 Å². The molecule has 0 amide bonds. The Morgan fingerprint density at radius 3 is 1.48 bits per heavy atom. The third kappa shape index (κ3) is 5.44. The van der Waals surface area contributed by atoms with Gasteiger partial charge in [-0.05, 0) is 47.9 Å². The van der Waals surface area contributed by atoms with Crippen molar-refractivity contribution in [3.63, 3.8) is 0 Å². The number of anilines is 3. The van der Waals surface area contributed by atoms with E-state index in [1.807, 2.05) is 65.2 Å². The van der Waals surface area contributed by atoms with E-state index in [2.05, 4.69) is 150 Å². The first kappa shape index (κ1) is 33.4. The van der Waals surface area contributed by atoms with Gasteiger partial charge in [-0.25, -0.2) is 9.97 Å². The van der Waals surface area contributed by atoms with E-state index in [0.29, 0.717) is 11.2 Å². The molecule has 0 atom stereocenters. The third-order valence-electron chi connectivity index (χ3n) is 11.2. The maximum absolute atomic E-state index is 14.8. The monoisotopic (exact) mass is 742 g/mol. The number of aromatic nitrogens is 3. The Labute approximate surface area is 335 Å². The molecule has 0 saturated carbocycles. The summed E-state index contributed by atoms with van der Waals surface area (Å²) in [5, 5.41) is 2.64. The van der Waals surface area contributed by atoms with Crippen LogP contribution in [0.4, 0.5) is 17.1 Å². The first-order chi connectivity index (χ1) is 28.7. The largest absolute Gasteiger partial charge is 0.309 e. The zero-order valence-electron chi connectivity index (χ0n) is 31.3. The lowest BCUT2D eigenvalue weighted by Gasteiger charge is -2.32. The van der Waals surface area contributed by atoms with E-state index >= 15 is 0 Å². The van der Waals surface area contributed by atoms with Gasteiger partial charge in [0.05, 0.1) is 34.0 Å². The molecule has 0 aliphatic carbocycles. The van der Waals surface area contributed by atoms with Gasteiger partial charge in [-0.2, -0.15) is 0 Å². The Kier molecular flexibility index (Phi) is 7.90. The number of benzene rings is 8. The van der Waals surface area contributed by atoms with Crippen LogP contribution in [0, 0.1) is 0 Å². The van der Waals surface area contributed by atoms with Crippen LogP contribution in [0.25, 0.3) is 83.5 Å². The van der Waals surface area contributed by atoms with Gasteiger partial charge in [0.2, 0.25) is 0 Å². The average Bonchev–Trinajstić information content (AvgIpc) is 3.30. The normalized spacial score (nSPS) is 11.8. The van der Waals surface area contributed by atoms with Gasteiger partial charge in [0, 0.05) is 55.4 Å². The van der Waals surface area contributed by atoms with Crippen LogP contribution in [-0.2, 0) is 0 Å². The van der Waals surface area contributed by atoms with Gasteiger partial charge in [-0.15, -0.1) is 0 Å². The van der Waals surface area contributed by atoms with E-state index in [1.54, 1.807) is 0 Å². The maximum atomic E-state index is 14.8. The molecule has 1 aliphatic rings. The highest BCUT2D eigenvalue weighted by Crippen LogP contribution is 2.48. The van der Waals surface area contributed by atoms with Crippen molar-refractivity contribution in [2.24, 2.45) is 0 Å². The summed E-state index contributed by atoms with van der Waals surface area (Å²) in [6, 6.07) is 70.7. The van der Waals surface area contributed by atoms with Crippen molar-refractivity contribution < 1.29 is 0 Å². The van der Waals surface area contributed by atoms with Crippen molar-refractivity contribution in [3.05, 3.63) is 217 Å². The summed E-state index contributed by atoms with van der Waals surface area (Å²) >= 11 is 0. The van der Waals surface area contributed by atoms with Crippen molar-refractivity contribution in [1.29, 1.82) is 0 Å². The number of para-hydroxylation sites is 4. The molecule has 0 saturated heterocycles. The Hall–Kier alpha value is -7.89. The van der Waals surface area contributed by atoms with Crippen molar-refractivity contribution in [2.75, 3.05) is 4.90 Å². The molecule has 272 valence electrons. The summed E-state index contributed by atoms with van der Waals surface area (Å²) in [5.74, 6) is 0.639. The molecule has 0 unspecified atom stereocenters. The van der Waals surface area contributed by atoms with Crippen molar-refractivity contribution >= 4 is 38.7 Å². The second kappa shape index (κ2) is 13.7. The lowest BCUT2D eigenvalue weighted by Crippen LogP contribution is -2.21. The molecule has 0 bridgehead atoms. The average molecular weight is 743 g/mol. The summed E-state index contributed by atoms with van der Waals surface area (Å²) in [7, 11) is 0. The molecule has 5 heteroatoms. The second-order valence-corrected chi connectivity index (χ2v) is 14.5. The lowest BCUT2D eigenvalue weighted by atomic mass is 9.93. The number of rotatable bonds is 4. The topological polar surface area (TPSA) is 51.0 Å². The van der Waals surface area contributed by atoms with Crippen LogP contribution in [-0.4, -0.2) is 14.5 Å². The van der Waals surface area contributed by atoms with E-state index in [-0.39, 0.29) is 5.56 Å². The number of pyridine rings is 1. The summed E-state index contributed by atoms with van der Waals surface area (Å²) in [6.45, 7) is 0. The van der Waals surface area contributed by atoms with Crippen LogP contribution < -0.4 is 10.5 Å². The highest BCUT2D eigenvalue weighted by molar-refractivity contribution is 6.13. The fourth-order valence-corrected chi connectivity index (χ4v) is 8.55. The van der Waals surface area contributed by atoms with Gasteiger partial charge in [-0.1, -0.05) is 164 Å². The number of fused-ring (bicyclic) bond motifs is 8. The summed E-state index contributed by atoms with van der Waals surface area (Å²) < 4.78 is 1.94. The van der Waals surface area contributed by atoms with Crippen LogP contribution >= 0.6 is 0 Å². The second-order valence-electron chi connectivity index (χ2n) is 14.5. The minimum atomic E-state index is -0.0456. The number of hydrogen-bond acceptors (Lipinski definition) is 4. The van der Waals surface area contributed by atoms with Gasteiger partial charge in [0.1, 0.15) is 0 Å². The molecular formula is C53H34N4O. The molecule has 58 heavy (non-hydrogen) atoms. The molecule has 2 aromatic heterocycles. The maximum Gasteiger partial charge on any atom is 0.263 e. The zero-order chi connectivity index (χ0) is 38.6. The zero-order valence-corrected chi connectivity index (χ0v) is 31.3. The van der Waals surface area contributed by atoms with Crippen LogP contribution in [0.1, 0.15) is 0 Å². The highest BCUT2D eigenvalue weighted by atomic mass is 16.1. The van der Waals surface area contributed by atoms with Gasteiger partial charge in [-0.3, -0.25) is 9.36 Å². The first-order valence-corrected chi connectivity index (χ1v) is 19.5. The Morgan fingerprint density at radius 1 is 0.362 bits per heavy atom. The molecule has 10 aromatic rings. The van der Waals surface area contributed by atoms with Crippen LogP contribution in [0.3, 0.4) is 0 Å². The standard InChI is InChI=1S/C53H34N4O/c58-53-45-27-8-7-23-39(45)43-28-16-29-44-42-26-11-13-31-49(42)56(48-30-12-9-24-40(48)41-25-10-14-32-50(41)57(53)51(43)44)38-22-15-21-37(33-38)52-54-46(35-17-3-1-4-18-35)34-47(55-52)36-19-5-2-6-20-36/h1-34H. The molecule has 3 heterocycles. The Balaban J connectivity index is 1.21. The highest BCUT2D eigenvalue weighted by Gasteiger charge is 2.27. The molecule has 8 aromatic carbocycles. The van der Waals surface area contributed by atoms with Crippen LogP contribution in [0.5, 0.6) is 0 Å². The molecule has 0 N–H and O–H groups in total. The number of hydrogen-bond donors (Lipinski definition) is 0. The first-order valence-electron chi connectivity index (χ1n) is 19.5. The third-order valence-corrected chi connectivity index (χ3v) is 11.2. The molecule has 0 spiro atoms. The van der Waals surface area contributed by atoms with E-state index in [1.165, 1.54) is 0 Å². The van der Waals surface area contributed by atoms with Crippen LogP contribution in [0.15, 0.2) is 211 Å². The fourth-order valence-electron chi connectivity index (χ4n) is 8.55. The molecule has 0 radical (unpaired) electrons. The van der Waals surface area contributed by atoms with E-state index in [9.17, 15) is 4.79 Å². The van der Waals surface area contributed by atoms with Gasteiger partial charge in [0.25, 0.3) is 5.56 Å².